The van der Waals surface area contributed by atoms with Gasteiger partial charge in [-0.25, -0.2) is 8.42 Å². The molecule has 0 radical (unpaired) electrons. The lowest BCUT2D eigenvalue weighted by Gasteiger charge is -2.19. The van der Waals surface area contributed by atoms with E-state index in [1.165, 1.54) is 23.5 Å². The lowest BCUT2D eigenvalue weighted by Crippen LogP contribution is -2.30. The Morgan fingerprint density at radius 2 is 1.95 bits per heavy atom. The fourth-order valence-corrected chi connectivity index (χ4v) is 3.40. The van der Waals surface area contributed by atoms with E-state index in [0.717, 1.165) is 0 Å². The van der Waals surface area contributed by atoms with E-state index in [4.69, 9.17) is 22.7 Å². The third kappa shape index (κ3) is 3.23. The summed E-state index contributed by atoms with van der Waals surface area (Å²) in [6, 6.07) is 4.51. The number of hydrogen-bond donors (Lipinski definition) is 1. The minimum absolute atomic E-state index is 0.105. The molecule has 0 unspecified atom stereocenters. The standard InChI is InChI=1S/C12H18N2O3S2/c1-4-14(5-2)19(15,16)9-6-7-11(17-3)10(8-9)12(13)18/h6-8H,4-5H2,1-3H3,(H2,13,18). The Labute approximate surface area is 119 Å². The zero-order valence-corrected chi connectivity index (χ0v) is 12.8. The van der Waals surface area contributed by atoms with Crippen molar-refractivity contribution in [1.29, 1.82) is 0 Å². The number of rotatable bonds is 6. The first-order chi connectivity index (χ1) is 8.88. The Hall–Kier alpha value is -1.18. The lowest BCUT2D eigenvalue weighted by molar-refractivity contribution is 0.413. The van der Waals surface area contributed by atoms with E-state index in [1.807, 2.05) is 0 Å². The number of ether oxygens (including phenoxy) is 1. The molecule has 0 aliphatic rings. The van der Waals surface area contributed by atoms with Crippen molar-refractivity contribution in [3.8, 4) is 5.75 Å². The van der Waals surface area contributed by atoms with Crippen LogP contribution in [0.5, 0.6) is 5.75 Å². The first kappa shape index (κ1) is 15.9. The molecule has 1 aromatic carbocycles. The topological polar surface area (TPSA) is 72.6 Å². The summed E-state index contributed by atoms with van der Waals surface area (Å²) >= 11 is 4.91. The van der Waals surface area contributed by atoms with Gasteiger partial charge in [0.05, 0.1) is 17.6 Å². The fraction of sp³-hybridized carbons (Fsp3) is 0.417. The molecule has 19 heavy (non-hydrogen) atoms. The molecule has 0 aliphatic carbocycles. The third-order valence-corrected chi connectivity index (χ3v) is 5.05. The van der Waals surface area contributed by atoms with Gasteiger partial charge in [-0.15, -0.1) is 0 Å². The predicted molar refractivity (Wildman–Crippen MR) is 79.0 cm³/mol. The van der Waals surface area contributed by atoms with Crippen molar-refractivity contribution in [2.75, 3.05) is 20.2 Å². The largest absolute Gasteiger partial charge is 0.496 e. The molecule has 0 atom stereocenters. The summed E-state index contributed by atoms with van der Waals surface area (Å²) in [5.41, 5.74) is 6.01. The Balaban J connectivity index is 3.37. The van der Waals surface area contributed by atoms with E-state index in [1.54, 1.807) is 19.9 Å². The Morgan fingerprint density at radius 1 is 1.37 bits per heavy atom. The van der Waals surface area contributed by atoms with Crippen molar-refractivity contribution in [2.24, 2.45) is 5.73 Å². The van der Waals surface area contributed by atoms with Gasteiger partial charge in [0, 0.05) is 13.1 Å². The van der Waals surface area contributed by atoms with E-state index >= 15 is 0 Å². The first-order valence-electron chi connectivity index (χ1n) is 5.86. The maximum absolute atomic E-state index is 12.4. The van der Waals surface area contributed by atoms with Crippen LogP contribution in [0.1, 0.15) is 19.4 Å². The van der Waals surface area contributed by atoms with Gasteiger partial charge < -0.3 is 10.5 Å². The van der Waals surface area contributed by atoms with E-state index in [9.17, 15) is 8.42 Å². The highest BCUT2D eigenvalue weighted by atomic mass is 32.2. The van der Waals surface area contributed by atoms with Gasteiger partial charge >= 0.3 is 0 Å². The van der Waals surface area contributed by atoms with Gasteiger partial charge in [0.15, 0.2) is 0 Å². The van der Waals surface area contributed by atoms with Crippen molar-refractivity contribution in [3.05, 3.63) is 23.8 Å². The summed E-state index contributed by atoms with van der Waals surface area (Å²) in [5, 5.41) is 0. The second-order valence-electron chi connectivity index (χ2n) is 3.82. The number of thiocarbonyl (C=S) groups is 1. The zero-order valence-electron chi connectivity index (χ0n) is 11.2. The summed E-state index contributed by atoms with van der Waals surface area (Å²) in [7, 11) is -2.04. The van der Waals surface area contributed by atoms with Gasteiger partial charge in [0.1, 0.15) is 10.7 Å². The number of benzene rings is 1. The molecule has 1 aromatic rings. The van der Waals surface area contributed by atoms with E-state index in [0.29, 0.717) is 24.4 Å². The SMILES string of the molecule is CCN(CC)S(=O)(=O)c1ccc(OC)c(C(N)=S)c1. The van der Waals surface area contributed by atoms with Crippen molar-refractivity contribution >= 4 is 27.2 Å². The third-order valence-electron chi connectivity index (χ3n) is 2.78. The number of hydrogen-bond acceptors (Lipinski definition) is 4. The molecule has 0 heterocycles. The molecule has 106 valence electrons. The van der Waals surface area contributed by atoms with Gasteiger partial charge in [-0.05, 0) is 18.2 Å². The van der Waals surface area contributed by atoms with Crippen LogP contribution in [0.25, 0.3) is 0 Å². The maximum atomic E-state index is 12.4. The zero-order chi connectivity index (χ0) is 14.6. The van der Waals surface area contributed by atoms with Crippen LogP contribution in [0.2, 0.25) is 0 Å². The van der Waals surface area contributed by atoms with E-state index < -0.39 is 10.0 Å². The van der Waals surface area contributed by atoms with Crippen LogP contribution < -0.4 is 10.5 Å². The number of methoxy groups -OCH3 is 1. The molecule has 0 aromatic heterocycles. The van der Waals surface area contributed by atoms with Gasteiger partial charge in [-0.2, -0.15) is 4.31 Å². The maximum Gasteiger partial charge on any atom is 0.243 e. The molecular weight excluding hydrogens is 284 g/mol. The molecule has 0 amide bonds. The minimum atomic E-state index is -3.52. The second kappa shape index (κ2) is 6.31. The molecule has 0 saturated carbocycles. The van der Waals surface area contributed by atoms with Crippen molar-refractivity contribution in [2.45, 2.75) is 18.7 Å². The number of nitrogens with zero attached hydrogens (tertiary/aromatic N) is 1. The van der Waals surface area contributed by atoms with Gasteiger partial charge in [0.25, 0.3) is 0 Å². The van der Waals surface area contributed by atoms with Crippen LogP contribution in [0.4, 0.5) is 0 Å². The monoisotopic (exact) mass is 302 g/mol. The van der Waals surface area contributed by atoms with Crippen LogP contribution in [-0.4, -0.2) is 37.9 Å². The van der Waals surface area contributed by atoms with E-state index in [2.05, 4.69) is 0 Å². The summed E-state index contributed by atoms with van der Waals surface area (Å²) in [4.78, 5) is 0.272. The van der Waals surface area contributed by atoms with Crippen LogP contribution in [-0.2, 0) is 10.0 Å². The first-order valence-corrected chi connectivity index (χ1v) is 7.71. The molecule has 2 N–H and O–H groups in total. The van der Waals surface area contributed by atoms with Gasteiger partial charge in [0.2, 0.25) is 10.0 Å². The van der Waals surface area contributed by atoms with Gasteiger partial charge in [-0.1, -0.05) is 26.1 Å². The second-order valence-corrected chi connectivity index (χ2v) is 6.19. The Morgan fingerprint density at radius 3 is 2.37 bits per heavy atom. The molecule has 0 saturated heterocycles. The van der Waals surface area contributed by atoms with Crippen molar-refractivity contribution in [1.82, 2.24) is 4.31 Å². The molecule has 1 rings (SSSR count). The molecule has 5 nitrogen and oxygen atoms in total. The van der Waals surface area contributed by atoms with Crippen LogP contribution in [0.15, 0.2) is 23.1 Å². The average Bonchev–Trinajstić information content (AvgIpc) is 2.38. The molecular formula is C12H18N2O3S2. The van der Waals surface area contributed by atoms with Crippen LogP contribution >= 0.6 is 12.2 Å². The summed E-state index contributed by atoms with van der Waals surface area (Å²) in [6.45, 7) is 4.40. The molecule has 0 spiro atoms. The van der Waals surface area contributed by atoms with Crippen LogP contribution in [0.3, 0.4) is 0 Å². The molecule has 0 bridgehead atoms. The summed E-state index contributed by atoms with van der Waals surface area (Å²) in [5.74, 6) is 0.464. The molecule has 0 aliphatic heterocycles. The van der Waals surface area contributed by atoms with Crippen molar-refractivity contribution in [3.63, 3.8) is 0 Å². The highest BCUT2D eigenvalue weighted by molar-refractivity contribution is 7.89. The quantitative estimate of drug-likeness (QED) is 0.803. The van der Waals surface area contributed by atoms with E-state index in [-0.39, 0.29) is 9.88 Å². The molecule has 0 fully saturated rings. The smallest absolute Gasteiger partial charge is 0.243 e. The van der Waals surface area contributed by atoms with Crippen molar-refractivity contribution < 1.29 is 13.2 Å². The Kier molecular flexibility index (Phi) is 5.28. The van der Waals surface area contributed by atoms with Crippen LogP contribution in [0, 0.1) is 0 Å². The average molecular weight is 302 g/mol. The minimum Gasteiger partial charge on any atom is -0.496 e. The predicted octanol–water partition coefficient (Wildman–Crippen LogP) is 1.36. The lowest BCUT2D eigenvalue weighted by atomic mass is 10.2. The normalized spacial score (nSPS) is 11.6. The Bertz CT molecular complexity index is 566. The number of nitrogens with two attached hydrogens (primary N) is 1. The highest BCUT2D eigenvalue weighted by Gasteiger charge is 2.23. The molecule has 7 heteroatoms. The fourth-order valence-electron chi connectivity index (χ4n) is 1.75. The summed E-state index contributed by atoms with van der Waals surface area (Å²) < 4.78 is 31.2. The number of sulfonamides is 1. The summed E-state index contributed by atoms with van der Waals surface area (Å²) in [6.07, 6.45) is 0. The van der Waals surface area contributed by atoms with Gasteiger partial charge in [-0.3, -0.25) is 0 Å². The highest BCUT2D eigenvalue weighted by Crippen LogP contribution is 2.24.